The van der Waals surface area contributed by atoms with Crippen LogP contribution >= 0.6 is 0 Å². The Morgan fingerprint density at radius 1 is 1.35 bits per heavy atom. The molecule has 1 aliphatic rings. The highest BCUT2D eigenvalue weighted by Crippen LogP contribution is 2.24. The van der Waals surface area contributed by atoms with Crippen LogP contribution < -0.4 is 5.32 Å². The summed E-state index contributed by atoms with van der Waals surface area (Å²) >= 11 is 0. The Morgan fingerprint density at radius 2 is 2.00 bits per heavy atom. The molecule has 0 aromatic heterocycles. The SMILES string of the molecule is CC1CC(NC(C)c2cccc([N+](=O)[O-])c2)CC(C)O1. The molecule has 0 saturated carbocycles. The molecule has 1 fully saturated rings. The molecule has 5 nitrogen and oxygen atoms in total. The van der Waals surface area contributed by atoms with Gasteiger partial charge in [0.05, 0.1) is 17.1 Å². The molecule has 3 atom stereocenters. The zero-order chi connectivity index (χ0) is 14.7. The zero-order valence-electron chi connectivity index (χ0n) is 12.2. The highest BCUT2D eigenvalue weighted by atomic mass is 16.6. The van der Waals surface area contributed by atoms with Crippen LogP contribution in [0.3, 0.4) is 0 Å². The van der Waals surface area contributed by atoms with Gasteiger partial charge in [-0.05, 0) is 39.2 Å². The van der Waals surface area contributed by atoms with E-state index in [9.17, 15) is 10.1 Å². The molecule has 0 spiro atoms. The van der Waals surface area contributed by atoms with E-state index in [1.165, 1.54) is 6.07 Å². The third-order valence-corrected chi connectivity index (χ3v) is 3.76. The zero-order valence-corrected chi connectivity index (χ0v) is 12.2. The van der Waals surface area contributed by atoms with Crippen molar-refractivity contribution in [3.63, 3.8) is 0 Å². The molecule has 1 N–H and O–H groups in total. The highest BCUT2D eigenvalue weighted by Gasteiger charge is 2.25. The summed E-state index contributed by atoms with van der Waals surface area (Å²) in [5.74, 6) is 0. The van der Waals surface area contributed by atoms with Gasteiger partial charge < -0.3 is 10.1 Å². The molecule has 1 saturated heterocycles. The molecule has 1 aromatic rings. The van der Waals surface area contributed by atoms with E-state index in [2.05, 4.69) is 19.2 Å². The van der Waals surface area contributed by atoms with Crippen LogP contribution in [0.2, 0.25) is 0 Å². The van der Waals surface area contributed by atoms with E-state index in [1.807, 2.05) is 13.0 Å². The van der Waals surface area contributed by atoms with E-state index in [0.29, 0.717) is 6.04 Å². The van der Waals surface area contributed by atoms with Gasteiger partial charge in [0.2, 0.25) is 0 Å². The van der Waals surface area contributed by atoms with Crippen LogP contribution in [0.15, 0.2) is 24.3 Å². The van der Waals surface area contributed by atoms with Crippen molar-refractivity contribution < 1.29 is 9.66 Å². The van der Waals surface area contributed by atoms with E-state index >= 15 is 0 Å². The van der Waals surface area contributed by atoms with Crippen LogP contribution in [0.25, 0.3) is 0 Å². The maximum Gasteiger partial charge on any atom is 0.269 e. The lowest BCUT2D eigenvalue weighted by molar-refractivity contribution is -0.384. The largest absolute Gasteiger partial charge is 0.375 e. The third-order valence-electron chi connectivity index (χ3n) is 3.76. The van der Waals surface area contributed by atoms with Gasteiger partial charge in [-0.25, -0.2) is 0 Å². The first-order valence-electron chi connectivity index (χ1n) is 7.11. The van der Waals surface area contributed by atoms with Crippen molar-refractivity contribution in [2.24, 2.45) is 0 Å². The second kappa shape index (κ2) is 6.33. The standard InChI is InChI=1S/C15H22N2O3/c1-10-7-14(8-11(2)20-10)16-12(3)13-5-4-6-15(9-13)17(18)19/h4-6,9-12,14,16H,7-8H2,1-3H3. The molecule has 20 heavy (non-hydrogen) atoms. The molecular formula is C15H22N2O3. The van der Waals surface area contributed by atoms with E-state index in [-0.39, 0.29) is 28.9 Å². The highest BCUT2D eigenvalue weighted by molar-refractivity contribution is 5.35. The number of hydrogen-bond donors (Lipinski definition) is 1. The Balaban J connectivity index is 2.02. The molecule has 0 aliphatic carbocycles. The summed E-state index contributed by atoms with van der Waals surface area (Å²) in [5, 5.41) is 14.4. The van der Waals surface area contributed by atoms with Crippen molar-refractivity contribution in [1.29, 1.82) is 0 Å². The second-order valence-electron chi connectivity index (χ2n) is 5.67. The monoisotopic (exact) mass is 278 g/mol. The summed E-state index contributed by atoms with van der Waals surface area (Å²) in [4.78, 5) is 10.5. The first kappa shape index (κ1) is 14.9. The van der Waals surface area contributed by atoms with Crippen LogP contribution in [0.1, 0.15) is 45.2 Å². The molecule has 0 radical (unpaired) electrons. The lowest BCUT2D eigenvalue weighted by atomic mass is 9.97. The van der Waals surface area contributed by atoms with Gasteiger partial charge in [-0.15, -0.1) is 0 Å². The van der Waals surface area contributed by atoms with E-state index < -0.39 is 0 Å². The lowest BCUT2D eigenvalue weighted by Crippen LogP contribution is -2.42. The van der Waals surface area contributed by atoms with Gasteiger partial charge in [0.1, 0.15) is 0 Å². The molecule has 0 bridgehead atoms. The molecule has 110 valence electrons. The van der Waals surface area contributed by atoms with Gasteiger partial charge in [-0.2, -0.15) is 0 Å². The first-order chi connectivity index (χ1) is 9.45. The van der Waals surface area contributed by atoms with Gasteiger partial charge in [-0.1, -0.05) is 12.1 Å². The summed E-state index contributed by atoms with van der Waals surface area (Å²) in [7, 11) is 0. The predicted molar refractivity (Wildman–Crippen MR) is 77.7 cm³/mol. The normalized spacial score (nSPS) is 28.1. The molecule has 1 aliphatic heterocycles. The van der Waals surface area contributed by atoms with Crippen LogP contribution in [0.4, 0.5) is 5.69 Å². The van der Waals surface area contributed by atoms with Crippen molar-refractivity contribution in [3.8, 4) is 0 Å². The van der Waals surface area contributed by atoms with Crippen molar-refractivity contribution in [2.75, 3.05) is 0 Å². The smallest absolute Gasteiger partial charge is 0.269 e. The average molecular weight is 278 g/mol. The topological polar surface area (TPSA) is 64.4 Å². The minimum Gasteiger partial charge on any atom is -0.375 e. The minimum absolute atomic E-state index is 0.0948. The maximum absolute atomic E-state index is 10.8. The molecule has 0 amide bonds. The number of nitrogens with zero attached hydrogens (tertiary/aromatic N) is 1. The van der Waals surface area contributed by atoms with Crippen LogP contribution in [0, 0.1) is 10.1 Å². The fourth-order valence-electron chi connectivity index (χ4n) is 2.90. The number of rotatable bonds is 4. The second-order valence-corrected chi connectivity index (χ2v) is 5.67. The predicted octanol–water partition coefficient (Wildman–Crippen LogP) is 3.20. The van der Waals surface area contributed by atoms with E-state index in [0.717, 1.165) is 18.4 Å². The molecule has 3 unspecified atom stereocenters. The van der Waals surface area contributed by atoms with Crippen molar-refractivity contribution in [1.82, 2.24) is 5.32 Å². The third kappa shape index (κ3) is 3.77. The Morgan fingerprint density at radius 3 is 2.60 bits per heavy atom. The summed E-state index contributed by atoms with van der Waals surface area (Å²) < 4.78 is 5.72. The lowest BCUT2D eigenvalue weighted by Gasteiger charge is -2.34. The van der Waals surface area contributed by atoms with Crippen LogP contribution in [0.5, 0.6) is 0 Å². The van der Waals surface area contributed by atoms with E-state index in [1.54, 1.807) is 12.1 Å². The Kier molecular flexibility index (Phi) is 4.73. The first-order valence-corrected chi connectivity index (χ1v) is 7.11. The average Bonchev–Trinajstić information content (AvgIpc) is 2.37. The fourth-order valence-corrected chi connectivity index (χ4v) is 2.90. The fraction of sp³-hybridized carbons (Fsp3) is 0.600. The summed E-state index contributed by atoms with van der Waals surface area (Å²) in [5.41, 5.74) is 1.09. The van der Waals surface area contributed by atoms with Gasteiger partial charge in [0, 0.05) is 24.2 Å². The summed E-state index contributed by atoms with van der Waals surface area (Å²) in [6, 6.07) is 7.32. The van der Waals surface area contributed by atoms with Crippen molar-refractivity contribution >= 4 is 5.69 Å². The molecule has 2 rings (SSSR count). The number of nitrogens with one attached hydrogen (secondary N) is 1. The number of nitro benzene ring substituents is 1. The Hall–Kier alpha value is -1.46. The summed E-state index contributed by atoms with van der Waals surface area (Å²) in [6.45, 7) is 6.22. The van der Waals surface area contributed by atoms with Gasteiger partial charge in [0.15, 0.2) is 0 Å². The quantitative estimate of drug-likeness (QED) is 0.678. The number of ether oxygens (including phenoxy) is 1. The molecule has 1 heterocycles. The van der Waals surface area contributed by atoms with Crippen LogP contribution in [-0.2, 0) is 4.74 Å². The van der Waals surface area contributed by atoms with Crippen molar-refractivity contribution in [2.45, 2.75) is 57.9 Å². The molecule has 1 aromatic carbocycles. The number of nitro groups is 1. The number of hydrogen-bond acceptors (Lipinski definition) is 4. The van der Waals surface area contributed by atoms with E-state index in [4.69, 9.17) is 4.74 Å². The Bertz CT molecular complexity index is 468. The molecular weight excluding hydrogens is 256 g/mol. The van der Waals surface area contributed by atoms with Gasteiger partial charge in [0.25, 0.3) is 5.69 Å². The maximum atomic E-state index is 10.8. The Labute approximate surface area is 119 Å². The molecule has 5 heteroatoms. The summed E-state index contributed by atoms with van der Waals surface area (Å²) in [6.07, 6.45) is 2.47. The van der Waals surface area contributed by atoms with Gasteiger partial charge in [-0.3, -0.25) is 10.1 Å². The van der Waals surface area contributed by atoms with Crippen molar-refractivity contribution in [3.05, 3.63) is 39.9 Å². The minimum atomic E-state index is -0.352. The van der Waals surface area contributed by atoms with Gasteiger partial charge >= 0.3 is 0 Å². The number of benzene rings is 1. The van der Waals surface area contributed by atoms with Crippen LogP contribution in [-0.4, -0.2) is 23.2 Å². The number of non-ortho nitro benzene ring substituents is 1.